The van der Waals surface area contributed by atoms with Gasteiger partial charge in [0.25, 0.3) is 0 Å². The van der Waals surface area contributed by atoms with Crippen molar-refractivity contribution in [2.75, 3.05) is 25.9 Å². The van der Waals surface area contributed by atoms with E-state index in [1.807, 2.05) is 45.9 Å². The van der Waals surface area contributed by atoms with Crippen LogP contribution in [0.5, 0.6) is 5.75 Å². The molecule has 0 bridgehead atoms. The Morgan fingerprint density at radius 1 is 1.24 bits per heavy atom. The van der Waals surface area contributed by atoms with Crippen molar-refractivity contribution in [3.63, 3.8) is 0 Å². The molecule has 2 rings (SSSR count). The molecule has 0 aromatic heterocycles. The maximum absolute atomic E-state index is 12.1. The highest BCUT2D eigenvalue weighted by Gasteiger charge is 2.20. The second-order valence-electron chi connectivity index (χ2n) is 8.64. The summed E-state index contributed by atoms with van der Waals surface area (Å²) in [7, 11) is -1.60. The summed E-state index contributed by atoms with van der Waals surface area (Å²) in [5.41, 5.74) is 1.86. The first-order valence-corrected chi connectivity index (χ1v) is 11.9. The standard InChI is InChI=1S/C21H36N4O3S/c1-16-9-10-18(19(13-16)28-21(2,3)4)15-24-20(22-5)23-11-12-29(26,27)25-14-17-7-6-8-17/h9-10,13,17,25H,6-8,11-12,14-15H2,1-5H3,(H2,22,23,24). The molecule has 0 atom stereocenters. The fraction of sp³-hybridized carbons (Fsp3) is 0.667. The van der Waals surface area contributed by atoms with Crippen LogP contribution in [-0.2, 0) is 16.6 Å². The van der Waals surface area contributed by atoms with Gasteiger partial charge in [0, 0.05) is 32.2 Å². The van der Waals surface area contributed by atoms with E-state index in [-0.39, 0.29) is 11.4 Å². The Balaban J connectivity index is 1.83. The number of rotatable bonds is 9. The van der Waals surface area contributed by atoms with Gasteiger partial charge in [-0.3, -0.25) is 4.99 Å². The normalized spacial score (nSPS) is 15.7. The third-order valence-corrected chi connectivity index (χ3v) is 6.14. The van der Waals surface area contributed by atoms with Gasteiger partial charge in [0.05, 0.1) is 5.75 Å². The van der Waals surface area contributed by atoms with Crippen molar-refractivity contribution in [1.82, 2.24) is 15.4 Å². The second kappa shape index (κ2) is 10.3. The summed E-state index contributed by atoms with van der Waals surface area (Å²) in [6, 6.07) is 6.10. The van der Waals surface area contributed by atoms with Crippen molar-refractivity contribution in [2.24, 2.45) is 10.9 Å². The lowest BCUT2D eigenvalue weighted by atomic mass is 9.86. The van der Waals surface area contributed by atoms with E-state index in [4.69, 9.17) is 4.74 Å². The van der Waals surface area contributed by atoms with Crippen LogP contribution in [0.1, 0.15) is 51.2 Å². The van der Waals surface area contributed by atoms with E-state index in [1.54, 1.807) is 7.05 Å². The Morgan fingerprint density at radius 2 is 1.97 bits per heavy atom. The van der Waals surface area contributed by atoms with Crippen LogP contribution in [0.2, 0.25) is 0 Å². The van der Waals surface area contributed by atoms with Gasteiger partial charge in [-0.15, -0.1) is 0 Å². The molecule has 1 aromatic carbocycles. The van der Waals surface area contributed by atoms with E-state index in [0.717, 1.165) is 29.7 Å². The lowest BCUT2D eigenvalue weighted by Gasteiger charge is -2.25. The molecular weight excluding hydrogens is 388 g/mol. The van der Waals surface area contributed by atoms with Gasteiger partial charge in [-0.2, -0.15) is 0 Å². The molecule has 0 radical (unpaired) electrons. The molecule has 0 saturated heterocycles. The molecule has 0 heterocycles. The molecule has 0 amide bonds. The Morgan fingerprint density at radius 3 is 2.55 bits per heavy atom. The number of hydrogen-bond acceptors (Lipinski definition) is 4. The molecule has 164 valence electrons. The largest absolute Gasteiger partial charge is 0.488 e. The third-order valence-electron chi connectivity index (χ3n) is 4.79. The monoisotopic (exact) mass is 424 g/mol. The first-order chi connectivity index (χ1) is 13.6. The van der Waals surface area contributed by atoms with Gasteiger partial charge in [-0.05, 0) is 58.1 Å². The highest BCUT2D eigenvalue weighted by molar-refractivity contribution is 7.89. The molecule has 0 aliphatic heterocycles. The Kier molecular flexibility index (Phi) is 8.34. The van der Waals surface area contributed by atoms with Crippen molar-refractivity contribution in [2.45, 2.75) is 59.1 Å². The Hall–Kier alpha value is -1.80. The Bertz CT molecular complexity index is 797. The van der Waals surface area contributed by atoms with Gasteiger partial charge < -0.3 is 15.4 Å². The smallest absolute Gasteiger partial charge is 0.213 e. The zero-order chi connectivity index (χ0) is 21.5. The van der Waals surface area contributed by atoms with Crippen LogP contribution in [0, 0.1) is 12.8 Å². The lowest BCUT2D eigenvalue weighted by molar-refractivity contribution is 0.129. The van der Waals surface area contributed by atoms with Crippen LogP contribution in [0.3, 0.4) is 0 Å². The van der Waals surface area contributed by atoms with E-state index in [1.165, 1.54) is 6.42 Å². The van der Waals surface area contributed by atoms with Crippen LogP contribution in [-0.4, -0.2) is 45.9 Å². The van der Waals surface area contributed by atoms with E-state index in [2.05, 4.69) is 20.3 Å². The van der Waals surface area contributed by atoms with Gasteiger partial charge in [0.2, 0.25) is 10.0 Å². The summed E-state index contributed by atoms with van der Waals surface area (Å²) in [6.07, 6.45) is 3.45. The van der Waals surface area contributed by atoms with Gasteiger partial charge in [0.1, 0.15) is 11.4 Å². The molecule has 3 N–H and O–H groups in total. The highest BCUT2D eigenvalue weighted by Crippen LogP contribution is 2.25. The lowest BCUT2D eigenvalue weighted by Crippen LogP contribution is -2.41. The maximum Gasteiger partial charge on any atom is 0.213 e. The second-order valence-corrected chi connectivity index (χ2v) is 10.6. The molecule has 29 heavy (non-hydrogen) atoms. The Labute approximate surface area is 175 Å². The average molecular weight is 425 g/mol. The number of hydrogen-bond donors (Lipinski definition) is 3. The summed E-state index contributed by atoms with van der Waals surface area (Å²) < 4.78 is 33.0. The van der Waals surface area contributed by atoms with Crippen LogP contribution in [0.15, 0.2) is 23.2 Å². The number of sulfonamides is 1. The average Bonchev–Trinajstić information content (AvgIpc) is 2.56. The topological polar surface area (TPSA) is 91.8 Å². The molecule has 8 heteroatoms. The first kappa shape index (κ1) is 23.5. The zero-order valence-electron chi connectivity index (χ0n) is 18.3. The third kappa shape index (κ3) is 8.62. The molecule has 7 nitrogen and oxygen atoms in total. The predicted molar refractivity (Wildman–Crippen MR) is 119 cm³/mol. The number of guanidine groups is 1. The summed E-state index contributed by atoms with van der Waals surface area (Å²) in [4.78, 5) is 4.18. The molecule has 1 saturated carbocycles. The van der Waals surface area contributed by atoms with Crippen molar-refractivity contribution in [1.29, 1.82) is 0 Å². The highest BCUT2D eigenvalue weighted by atomic mass is 32.2. The molecule has 0 spiro atoms. The number of nitrogens with one attached hydrogen (secondary N) is 3. The van der Waals surface area contributed by atoms with Gasteiger partial charge in [-0.25, -0.2) is 13.1 Å². The van der Waals surface area contributed by atoms with Crippen molar-refractivity contribution >= 4 is 16.0 Å². The number of nitrogens with zero attached hydrogens (tertiary/aromatic N) is 1. The van der Waals surface area contributed by atoms with Gasteiger partial charge in [-0.1, -0.05) is 18.6 Å². The fourth-order valence-electron chi connectivity index (χ4n) is 2.95. The molecule has 1 aliphatic rings. The minimum absolute atomic E-state index is 0.0172. The van der Waals surface area contributed by atoms with E-state index in [9.17, 15) is 8.42 Å². The minimum Gasteiger partial charge on any atom is -0.488 e. The quantitative estimate of drug-likeness (QED) is 0.419. The van der Waals surface area contributed by atoms with Crippen LogP contribution < -0.4 is 20.1 Å². The first-order valence-electron chi connectivity index (χ1n) is 10.3. The van der Waals surface area contributed by atoms with E-state index in [0.29, 0.717) is 31.5 Å². The molecule has 0 unspecified atom stereocenters. The maximum atomic E-state index is 12.1. The van der Waals surface area contributed by atoms with Gasteiger partial charge in [0.15, 0.2) is 5.96 Å². The van der Waals surface area contributed by atoms with Crippen LogP contribution in [0.4, 0.5) is 0 Å². The summed E-state index contributed by atoms with van der Waals surface area (Å²) in [5.74, 6) is 1.92. The van der Waals surface area contributed by atoms with Crippen LogP contribution >= 0.6 is 0 Å². The minimum atomic E-state index is -3.27. The molecule has 1 fully saturated rings. The van der Waals surface area contributed by atoms with Crippen molar-refractivity contribution in [3.05, 3.63) is 29.3 Å². The summed E-state index contributed by atoms with van der Waals surface area (Å²) in [5, 5.41) is 6.30. The number of benzene rings is 1. The summed E-state index contributed by atoms with van der Waals surface area (Å²) in [6.45, 7) is 9.47. The predicted octanol–water partition coefficient (Wildman–Crippen LogP) is 2.56. The number of aliphatic imine (C=N–C) groups is 1. The molecular formula is C21H36N4O3S. The molecule has 1 aliphatic carbocycles. The number of ether oxygens (including phenoxy) is 1. The molecule has 1 aromatic rings. The van der Waals surface area contributed by atoms with Crippen molar-refractivity contribution in [3.8, 4) is 5.75 Å². The fourth-order valence-corrected chi connectivity index (χ4v) is 3.95. The zero-order valence-corrected chi connectivity index (χ0v) is 19.2. The summed E-state index contributed by atoms with van der Waals surface area (Å²) >= 11 is 0. The van der Waals surface area contributed by atoms with Crippen molar-refractivity contribution < 1.29 is 13.2 Å². The number of aryl methyl sites for hydroxylation is 1. The van der Waals surface area contributed by atoms with Crippen LogP contribution in [0.25, 0.3) is 0 Å². The van der Waals surface area contributed by atoms with E-state index >= 15 is 0 Å². The van der Waals surface area contributed by atoms with E-state index < -0.39 is 10.0 Å². The SMILES string of the molecule is CN=C(NCCS(=O)(=O)NCC1CCC1)NCc1ccc(C)cc1OC(C)(C)C. The van der Waals surface area contributed by atoms with Gasteiger partial charge >= 0.3 is 0 Å².